The maximum absolute atomic E-state index is 13.7. The van der Waals surface area contributed by atoms with Crippen LogP contribution < -0.4 is 0 Å². The Balaban J connectivity index is 1.62. The topological polar surface area (TPSA) is 77.5 Å². The van der Waals surface area contributed by atoms with E-state index in [-0.39, 0.29) is 32.3 Å². The second-order valence-electron chi connectivity index (χ2n) is 10.5. The summed E-state index contributed by atoms with van der Waals surface area (Å²) in [6.45, 7) is 0.876. The van der Waals surface area contributed by atoms with Crippen molar-refractivity contribution in [1.29, 1.82) is 0 Å². The predicted octanol–water partition coefficient (Wildman–Crippen LogP) is 5.41. The number of carbonyl (C=O) groups excluding carboxylic acids is 1. The second-order valence-corrected chi connectivity index (χ2v) is 10.5. The Labute approximate surface area is 254 Å². The van der Waals surface area contributed by atoms with Crippen molar-refractivity contribution < 1.29 is 28.8 Å². The molecule has 43 heavy (non-hydrogen) atoms. The fraction of sp³-hybridized carbons (Fsp3) is 0.306. The summed E-state index contributed by atoms with van der Waals surface area (Å²) in [7, 11) is 3.35. The molecule has 0 aromatic heterocycles. The zero-order valence-electron chi connectivity index (χ0n) is 24.8. The molecule has 0 bridgehead atoms. The lowest BCUT2D eigenvalue weighted by Crippen LogP contribution is -2.54. The number of hydrogen-bond donors (Lipinski definition) is 1. The molecule has 0 fully saturated rings. The zero-order chi connectivity index (χ0) is 30.3. The van der Waals surface area contributed by atoms with Gasteiger partial charge >= 0.3 is 0 Å². The summed E-state index contributed by atoms with van der Waals surface area (Å²) in [5.41, 5.74) is 3.74. The quantitative estimate of drug-likeness (QED) is 0.179. The summed E-state index contributed by atoms with van der Waals surface area (Å²) in [5, 5.41) is 11.6. The Morgan fingerprint density at radius 3 is 1.37 bits per heavy atom. The number of benzene rings is 4. The highest BCUT2D eigenvalue weighted by Crippen LogP contribution is 2.23. The van der Waals surface area contributed by atoms with Crippen molar-refractivity contribution in [2.45, 2.75) is 50.8 Å². The Hall–Kier alpha value is -3.85. The van der Waals surface area contributed by atoms with Crippen LogP contribution >= 0.6 is 0 Å². The van der Waals surface area contributed by atoms with Crippen LogP contribution in [0, 0.1) is 0 Å². The molecule has 0 saturated carbocycles. The average Bonchev–Trinajstić information content (AvgIpc) is 3.05. The molecule has 0 unspecified atom stereocenters. The van der Waals surface area contributed by atoms with Crippen molar-refractivity contribution in [3.05, 3.63) is 144 Å². The largest absolute Gasteiger partial charge is 0.388 e. The minimum atomic E-state index is -1.12. The van der Waals surface area contributed by atoms with Crippen LogP contribution in [-0.4, -0.2) is 61.0 Å². The lowest BCUT2D eigenvalue weighted by Gasteiger charge is -2.36. The van der Waals surface area contributed by atoms with E-state index in [0.717, 1.165) is 22.3 Å². The van der Waals surface area contributed by atoms with E-state index in [1.54, 1.807) is 14.1 Å². The number of ether oxygens (including phenoxy) is 4. The van der Waals surface area contributed by atoms with Crippen LogP contribution in [0.2, 0.25) is 0 Å². The van der Waals surface area contributed by atoms with Gasteiger partial charge in [0, 0.05) is 14.1 Å². The van der Waals surface area contributed by atoms with E-state index in [0.29, 0.717) is 6.61 Å². The highest BCUT2D eigenvalue weighted by atomic mass is 16.6. The Morgan fingerprint density at radius 2 is 0.953 bits per heavy atom. The maximum atomic E-state index is 13.7. The highest BCUT2D eigenvalue weighted by molar-refractivity contribution is 5.81. The molecule has 0 spiro atoms. The molecule has 226 valence electrons. The van der Waals surface area contributed by atoms with Crippen molar-refractivity contribution in [1.82, 2.24) is 4.90 Å². The molecule has 0 radical (unpaired) electrons. The Bertz CT molecular complexity index is 1320. The number of hydrogen-bond acceptors (Lipinski definition) is 6. The van der Waals surface area contributed by atoms with Crippen LogP contribution in [0.1, 0.15) is 22.3 Å². The van der Waals surface area contributed by atoms with E-state index in [1.165, 1.54) is 4.90 Å². The van der Waals surface area contributed by atoms with Gasteiger partial charge in [-0.25, -0.2) is 0 Å². The summed E-state index contributed by atoms with van der Waals surface area (Å²) in [6, 6.07) is 38.8. The van der Waals surface area contributed by atoms with Crippen molar-refractivity contribution in [3.8, 4) is 0 Å². The van der Waals surface area contributed by atoms with Gasteiger partial charge in [0.2, 0.25) is 0 Å². The third kappa shape index (κ3) is 10.4. The molecule has 0 heterocycles. The van der Waals surface area contributed by atoms with Crippen molar-refractivity contribution in [2.75, 3.05) is 20.7 Å². The van der Waals surface area contributed by atoms with Crippen LogP contribution in [0.4, 0.5) is 0 Å². The minimum absolute atomic E-state index is 0.0267. The monoisotopic (exact) mass is 583 g/mol. The number of likely N-dealkylation sites (N-methyl/N-ethyl adjacent to an activating group) is 1. The molecule has 0 aliphatic carbocycles. The van der Waals surface area contributed by atoms with Gasteiger partial charge in [0.15, 0.2) is 6.10 Å². The van der Waals surface area contributed by atoms with E-state index in [2.05, 4.69) is 0 Å². The molecular formula is C36H41NO6. The number of carbonyl (C=O) groups is 1. The Morgan fingerprint density at radius 1 is 0.581 bits per heavy atom. The molecular weight excluding hydrogens is 542 g/mol. The number of rotatable bonds is 17. The van der Waals surface area contributed by atoms with Crippen LogP contribution in [0.5, 0.6) is 0 Å². The molecule has 7 nitrogen and oxygen atoms in total. The van der Waals surface area contributed by atoms with Gasteiger partial charge in [0.05, 0.1) is 33.0 Å². The lowest BCUT2D eigenvalue weighted by molar-refractivity contribution is -0.195. The van der Waals surface area contributed by atoms with Gasteiger partial charge in [-0.2, -0.15) is 0 Å². The fourth-order valence-electron chi connectivity index (χ4n) is 4.60. The maximum Gasteiger partial charge on any atom is 0.254 e. The van der Waals surface area contributed by atoms with Crippen LogP contribution in [0.3, 0.4) is 0 Å². The number of aliphatic hydroxyl groups excluding tert-OH is 1. The van der Waals surface area contributed by atoms with Gasteiger partial charge in [-0.05, 0) is 22.3 Å². The molecule has 0 saturated heterocycles. The highest BCUT2D eigenvalue weighted by Gasteiger charge is 2.41. The second kappa shape index (κ2) is 17.3. The van der Waals surface area contributed by atoms with Crippen molar-refractivity contribution >= 4 is 5.91 Å². The van der Waals surface area contributed by atoms with E-state index < -0.39 is 24.4 Å². The third-order valence-electron chi connectivity index (χ3n) is 6.93. The fourth-order valence-corrected chi connectivity index (χ4v) is 4.60. The number of amides is 1. The summed E-state index contributed by atoms with van der Waals surface area (Å²) in [4.78, 5) is 15.1. The van der Waals surface area contributed by atoms with Gasteiger partial charge in [0.1, 0.15) is 18.3 Å². The van der Waals surface area contributed by atoms with Gasteiger partial charge in [0.25, 0.3) is 5.91 Å². The molecule has 1 N–H and O–H groups in total. The van der Waals surface area contributed by atoms with Gasteiger partial charge in [-0.1, -0.05) is 121 Å². The number of nitrogens with zero attached hydrogens (tertiary/aromatic N) is 1. The van der Waals surface area contributed by atoms with E-state index in [4.69, 9.17) is 18.9 Å². The van der Waals surface area contributed by atoms with Gasteiger partial charge in [-0.3, -0.25) is 4.79 Å². The molecule has 0 aliphatic rings. The molecule has 7 heteroatoms. The third-order valence-corrected chi connectivity index (χ3v) is 6.93. The van der Waals surface area contributed by atoms with Crippen LogP contribution in [0.15, 0.2) is 121 Å². The molecule has 4 aromatic carbocycles. The van der Waals surface area contributed by atoms with Crippen molar-refractivity contribution in [2.24, 2.45) is 0 Å². The molecule has 1 amide bonds. The SMILES string of the molecule is CN(C)C(=O)[C@@H](OCc1ccccc1)[C@H](OCc1ccccc1)[C@H](OCc1ccccc1)[C@H](O)COCc1ccccc1. The summed E-state index contributed by atoms with van der Waals surface area (Å²) in [6.07, 6.45) is -4.10. The standard InChI is InChI=1S/C36H41NO6/c1-37(2)36(39)35(43-26-31-21-13-6-14-22-31)34(42-25-30-19-11-5-12-20-30)33(41-24-29-17-9-4-10-18-29)32(38)27-40-23-28-15-7-3-8-16-28/h3-22,32-35,38H,23-27H2,1-2H3/t32-,33-,34-,35+/m1/s1. The molecule has 0 aliphatic heterocycles. The van der Waals surface area contributed by atoms with Crippen molar-refractivity contribution in [3.63, 3.8) is 0 Å². The van der Waals surface area contributed by atoms with Crippen LogP contribution in [0.25, 0.3) is 0 Å². The first-order valence-electron chi connectivity index (χ1n) is 14.5. The van der Waals surface area contributed by atoms with Crippen LogP contribution in [-0.2, 0) is 50.2 Å². The summed E-state index contributed by atoms with van der Waals surface area (Å²) < 4.78 is 25.1. The lowest BCUT2D eigenvalue weighted by atomic mass is 10.0. The summed E-state index contributed by atoms with van der Waals surface area (Å²) >= 11 is 0. The number of aliphatic hydroxyl groups is 1. The molecule has 4 aromatic rings. The Kier molecular flexibility index (Phi) is 12.9. The first-order chi connectivity index (χ1) is 21.0. The first kappa shape index (κ1) is 32.1. The van der Waals surface area contributed by atoms with Gasteiger partial charge < -0.3 is 29.0 Å². The zero-order valence-corrected chi connectivity index (χ0v) is 24.8. The van der Waals surface area contributed by atoms with E-state index in [9.17, 15) is 9.90 Å². The van der Waals surface area contributed by atoms with E-state index in [1.807, 2.05) is 121 Å². The van der Waals surface area contributed by atoms with E-state index >= 15 is 0 Å². The average molecular weight is 584 g/mol. The first-order valence-corrected chi connectivity index (χ1v) is 14.5. The normalized spacial score (nSPS) is 14.0. The molecule has 4 rings (SSSR count). The smallest absolute Gasteiger partial charge is 0.254 e. The predicted molar refractivity (Wildman–Crippen MR) is 166 cm³/mol. The van der Waals surface area contributed by atoms with Gasteiger partial charge in [-0.15, -0.1) is 0 Å². The molecule has 4 atom stereocenters. The summed E-state index contributed by atoms with van der Waals surface area (Å²) in [5.74, 6) is -0.292. The minimum Gasteiger partial charge on any atom is -0.388 e.